The van der Waals surface area contributed by atoms with Crippen LogP contribution in [-0.2, 0) is 22.9 Å². The maximum atomic E-state index is 16.4. The zero-order chi connectivity index (χ0) is 39.9. The van der Waals surface area contributed by atoms with E-state index in [-0.39, 0.29) is 40.2 Å². The SMILES string of the molecule is CN(C(=O)OC(C)(C)C)c1cc(F)c(F)c2c1Cc1ncc(-c3cnc4c(c3)c(=O)c(C(=O)O)cn4C)c(N3CCC[C@@]4(C[C@H]4NC(=O)OC(C)(C)C)C3)c1-2. The molecule has 1 aromatic carbocycles. The molecule has 0 bridgehead atoms. The quantitative estimate of drug-likeness (QED) is 0.196. The van der Waals surface area contributed by atoms with Crippen LogP contribution in [-0.4, -0.2) is 75.2 Å². The van der Waals surface area contributed by atoms with Crippen LogP contribution in [0.4, 0.5) is 29.7 Å². The number of nitrogens with zero attached hydrogens (tertiary/aromatic N) is 5. The number of rotatable bonds is 5. The number of alkyl carbamates (subject to hydrolysis) is 1. The van der Waals surface area contributed by atoms with E-state index >= 15 is 8.78 Å². The zero-order valence-corrected chi connectivity index (χ0v) is 32.1. The molecule has 290 valence electrons. The highest BCUT2D eigenvalue weighted by Gasteiger charge is 2.57. The fraction of sp³-hybridized carbons (Fsp3) is 0.450. The molecule has 2 fully saturated rings. The Kier molecular flexibility index (Phi) is 8.92. The van der Waals surface area contributed by atoms with Gasteiger partial charge >= 0.3 is 18.2 Å². The van der Waals surface area contributed by atoms with Crippen molar-refractivity contribution in [3.05, 3.63) is 69.4 Å². The summed E-state index contributed by atoms with van der Waals surface area (Å²) >= 11 is 0. The lowest BCUT2D eigenvalue weighted by molar-refractivity contribution is 0.0512. The van der Waals surface area contributed by atoms with Crippen LogP contribution in [0.15, 0.2) is 35.5 Å². The lowest BCUT2D eigenvalue weighted by atomic mass is 9.90. The Morgan fingerprint density at radius 2 is 1.75 bits per heavy atom. The van der Waals surface area contributed by atoms with Crippen molar-refractivity contribution in [1.29, 1.82) is 0 Å². The first-order valence-corrected chi connectivity index (χ1v) is 18.2. The van der Waals surface area contributed by atoms with Crippen LogP contribution in [0.1, 0.15) is 82.4 Å². The van der Waals surface area contributed by atoms with E-state index in [0.717, 1.165) is 17.4 Å². The minimum absolute atomic E-state index is 0.0403. The minimum atomic E-state index is -1.38. The van der Waals surface area contributed by atoms with Crippen molar-refractivity contribution in [1.82, 2.24) is 19.9 Å². The first-order chi connectivity index (χ1) is 25.7. The molecule has 2 amide bonds. The van der Waals surface area contributed by atoms with E-state index in [2.05, 4.69) is 15.2 Å². The Balaban J connectivity index is 1.40. The molecule has 55 heavy (non-hydrogen) atoms. The van der Waals surface area contributed by atoms with Crippen molar-refractivity contribution in [3.8, 4) is 22.3 Å². The molecule has 0 unspecified atom stereocenters. The van der Waals surface area contributed by atoms with E-state index in [1.54, 1.807) is 67.1 Å². The summed E-state index contributed by atoms with van der Waals surface area (Å²) in [5.74, 6) is -3.65. The maximum Gasteiger partial charge on any atom is 0.414 e. The predicted molar refractivity (Wildman–Crippen MR) is 202 cm³/mol. The molecule has 4 heterocycles. The summed E-state index contributed by atoms with van der Waals surface area (Å²) in [5, 5.41) is 12.8. The summed E-state index contributed by atoms with van der Waals surface area (Å²) in [7, 11) is 3.03. The van der Waals surface area contributed by atoms with Crippen molar-refractivity contribution in [3.63, 3.8) is 0 Å². The number of aromatic carboxylic acids is 1. The summed E-state index contributed by atoms with van der Waals surface area (Å²) in [5.41, 5.74) is -0.116. The van der Waals surface area contributed by atoms with Gasteiger partial charge in [-0.25, -0.2) is 28.1 Å². The molecule has 2 aliphatic carbocycles. The minimum Gasteiger partial charge on any atom is -0.477 e. The van der Waals surface area contributed by atoms with Gasteiger partial charge in [-0.2, -0.15) is 0 Å². The molecular formula is C40H44F2N6O7. The van der Waals surface area contributed by atoms with Crippen molar-refractivity contribution < 1.29 is 37.7 Å². The number of amides is 2. The summed E-state index contributed by atoms with van der Waals surface area (Å²) in [4.78, 5) is 64.0. The molecule has 2 atom stereocenters. The molecule has 1 aliphatic heterocycles. The fourth-order valence-electron chi connectivity index (χ4n) is 7.93. The number of hydrogen-bond acceptors (Lipinski definition) is 9. The van der Waals surface area contributed by atoms with Crippen molar-refractivity contribution in [2.45, 2.75) is 84.5 Å². The summed E-state index contributed by atoms with van der Waals surface area (Å²) in [6.07, 6.45) is 5.38. The van der Waals surface area contributed by atoms with Crippen molar-refractivity contribution in [2.24, 2.45) is 12.5 Å². The van der Waals surface area contributed by atoms with Crippen LogP contribution < -0.4 is 20.5 Å². The van der Waals surface area contributed by atoms with Crippen LogP contribution in [0.3, 0.4) is 0 Å². The number of anilines is 2. The number of carboxylic acid groups (broad SMARTS) is 1. The number of ether oxygens (including phenoxy) is 2. The Labute approximate surface area is 316 Å². The molecule has 1 saturated carbocycles. The molecule has 1 spiro atoms. The van der Waals surface area contributed by atoms with E-state index in [4.69, 9.17) is 14.5 Å². The van der Waals surface area contributed by atoms with E-state index in [1.165, 1.54) is 17.8 Å². The van der Waals surface area contributed by atoms with Crippen molar-refractivity contribution >= 4 is 40.6 Å². The fourth-order valence-corrected chi connectivity index (χ4v) is 7.93. The molecular weight excluding hydrogens is 714 g/mol. The van der Waals surface area contributed by atoms with Crippen molar-refractivity contribution in [2.75, 3.05) is 29.9 Å². The van der Waals surface area contributed by atoms with E-state index in [9.17, 15) is 24.3 Å². The van der Waals surface area contributed by atoms with Gasteiger partial charge in [-0.15, -0.1) is 0 Å². The van der Waals surface area contributed by atoms with Gasteiger partial charge in [0, 0.05) is 92.0 Å². The molecule has 7 rings (SSSR count). The third-order valence-corrected chi connectivity index (χ3v) is 10.4. The van der Waals surface area contributed by atoms with Gasteiger partial charge in [-0.1, -0.05) is 0 Å². The van der Waals surface area contributed by atoms with Gasteiger partial charge in [-0.3, -0.25) is 14.7 Å². The van der Waals surface area contributed by atoms with Crippen LogP contribution in [0.25, 0.3) is 33.3 Å². The molecule has 4 aromatic rings. The van der Waals surface area contributed by atoms with Gasteiger partial charge in [-0.05, 0) is 72.4 Å². The molecule has 13 nitrogen and oxygen atoms in total. The molecule has 0 radical (unpaired) electrons. The monoisotopic (exact) mass is 758 g/mol. The number of halogens is 2. The number of carboxylic acids is 1. The van der Waals surface area contributed by atoms with Gasteiger partial charge in [0.2, 0.25) is 5.43 Å². The Hall–Kier alpha value is -5.60. The Bertz CT molecular complexity index is 2370. The normalized spacial score (nSPS) is 18.9. The number of hydrogen-bond donors (Lipinski definition) is 2. The lowest BCUT2D eigenvalue weighted by Gasteiger charge is -2.38. The highest BCUT2D eigenvalue weighted by molar-refractivity contribution is 6.00. The third kappa shape index (κ3) is 6.84. The van der Waals surface area contributed by atoms with Crippen LogP contribution in [0.2, 0.25) is 0 Å². The number of fused-ring (bicyclic) bond motifs is 4. The topological polar surface area (TPSA) is 156 Å². The number of carbonyl (C=O) groups excluding carboxylic acids is 2. The summed E-state index contributed by atoms with van der Waals surface area (Å²) < 4.78 is 44.7. The number of nitrogens with one attached hydrogen (secondary N) is 1. The molecule has 1 saturated heterocycles. The smallest absolute Gasteiger partial charge is 0.414 e. The second kappa shape index (κ2) is 13.0. The number of aromatic nitrogens is 3. The highest BCUT2D eigenvalue weighted by Crippen LogP contribution is 2.56. The van der Waals surface area contributed by atoms with Gasteiger partial charge in [0.15, 0.2) is 11.6 Å². The third-order valence-electron chi connectivity index (χ3n) is 10.4. The average Bonchev–Trinajstić information content (AvgIpc) is 3.55. The molecule has 3 aliphatic rings. The summed E-state index contributed by atoms with van der Waals surface area (Å²) in [6.45, 7) is 11.5. The maximum absolute atomic E-state index is 16.4. The van der Waals surface area contributed by atoms with Gasteiger partial charge in [0.05, 0.1) is 22.5 Å². The number of piperidine rings is 1. The van der Waals surface area contributed by atoms with Gasteiger partial charge < -0.3 is 29.4 Å². The Morgan fingerprint density at radius 1 is 1.04 bits per heavy atom. The highest BCUT2D eigenvalue weighted by atomic mass is 19.2. The van der Waals surface area contributed by atoms with Crippen LogP contribution in [0.5, 0.6) is 0 Å². The second-order valence-corrected chi connectivity index (χ2v) is 16.8. The lowest BCUT2D eigenvalue weighted by Crippen LogP contribution is -2.42. The average molecular weight is 759 g/mol. The van der Waals surface area contributed by atoms with E-state index in [1.807, 2.05) is 0 Å². The molecule has 2 N–H and O–H groups in total. The van der Waals surface area contributed by atoms with Gasteiger partial charge in [0.25, 0.3) is 0 Å². The number of carbonyl (C=O) groups is 3. The largest absolute Gasteiger partial charge is 0.477 e. The first kappa shape index (κ1) is 37.7. The predicted octanol–water partition coefficient (Wildman–Crippen LogP) is 6.80. The zero-order valence-electron chi connectivity index (χ0n) is 32.1. The first-order valence-electron chi connectivity index (χ1n) is 18.2. The second-order valence-electron chi connectivity index (χ2n) is 16.8. The molecule has 3 aromatic heterocycles. The molecule has 15 heteroatoms. The number of aryl methyl sites for hydroxylation is 1. The van der Waals surface area contributed by atoms with Crippen LogP contribution >= 0.6 is 0 Å². The van der Waals surface area contributed by atoms with Gasteiger partial charge in [0.1, 0.15) is 22.4 Å². The Morgan fingerprint density at radius 3 is 2.42 bits per heavy atom. The summed E-state index contributed by atoms with van der Waals surface area (Å²) in [6, 6.07) is 2.35. The van der Waals surface area contributed by atoms with E-state index in [0.29, 0.717) is 59.6 Å². The van der Waals surface area contributed by atoms with Crippen LogP contribution in [0, 0.1) is 17.0 Å². The number of pyridine rings is 3. The van der Waals surface area contributed by atoms with E-state index < -0.39 is 52.0 Å². The standard InChI is InChI=1S/C40H44F2N6O7/c1-38(2,3)54-36(52)45-28-15-40(28)10-9-11-48(19-40)32-23(20-12-22-33(49)24(35(50)51)18-46(7)34(22)44-16-20)17-43-26-13-21-27(47(8)37(53)55-39(4,5)6)14-25(41)31(42)29(21)30(26)32/h12,14,16-18,28H,9-11,13,15,19H2,1-8H3,(H,45,52)(H,50,51)/t28-,40-/m1/s1. The number of benzene rings is 1.